The first-order valence-electron chi connectivity index (χ1n) is 6.00. The average Bonchev–Trinajstić information content (AvgIpc) is 2.44. The van der Waals surface area contributed by atoms with E-state index in [4.69, 9.17) is 5.11 Å². The largest absolute Gasteiger partial charge is 0.478 e. The smallest absolute Gasteiger partial charge is 0.328 e. The highest BCUT2D eigenvalue weighted by Gasteiger charge is 2.08. The third-order valence-corrected chi connectivity index (χ3v) is 3.17. The van der Waals surface area contributed by atoms with E-state index in [0.29, 0.717) is 27.1 Å². The molecule has 0 aliphatic rings. The Labute approximate surface area is 131 Å². The molecule has 0 unspecified atom stereocenters. The van der Waals surface area contributed by atoms with Gasteiger partial charge in [-0.3, -0.25) is 14.4 Å². The lowest BCUT2D eigenvalue weighted by molar-refractivity contribution is -0.131. The molecule has 0 bridgehead atoms. The van der Waals surface area contributed by atoms with Crippen LogP contribution < -0.4 is 16.4 Å². The molecule has 0 radical (unpaired) electrons. The van der Waals surface area contributed by atoms with E-state index in [1.54, 1.807) is 12.1 Å². The zero-order valence-electron chi connectivity index (χ0n) is 11.0. The van der Waals surface area contributed by atoms with Gasteiger partial charge in [-0.25, -0.2) is 4.79 Å². The van der Waals surface area contributed by atoms with Crippen LogP contribution in [0.4, 0.5) is 0 Å². The third kappa shape index (κ3) is 3.70. The predicted octanol–water partition coefficient (Wildman–Crippen LogP) is 0.236. The highest BCUT2D eigenvalue weighted by Crippen LogP contribution is 2.20. The standard InChI is InChI=1S/C13H10BrN3O5/c14-7-3-6(5-15-9(18)1-2-10(19)20)11-8(4-7)16-12(21)13(22)17-11/h1-4H,5H2,(H,15,18)(H,16,21)(H,17,22)(H,19,20). The molecule has 0 saturated carbocycles. The molecule has 22 heavy (non-hydrogen) atoms. The average molecular weight is 368 g/mol. The number of aromatic amines is 2. The summed E-state index contributed by atoms with van der Waals surface area (Å²) in [6.45, 7) is 0.0424. The van der Waals surface area contributed by atoms with Crippen LogP contribution in [0.1, 0.15) is 5.56 Å². The third-order valence-electron chi connectivity index (χ3n) is 2.71. The minimum atomic E-state index is -1.23. The number of nitrogens with one attached hydrogen (secondary N) is 3. The predicted molar refractivity (Wildman–Crippen MR) is 81.5 cm³/mol. The molecule has 1 aromatic heterocycles. The van der Waals surface area contributed by atoms with Crippen molar-refractivity contribution in [2.45, 2.75) is 6.54 Å². The second-order valence-corrected chi connectivity index (χ2v) is 5.20. The summed E-state index contributed by atoms with van der Waals surface area (Å²) in [5.74, 6) is -1.83. The molecule has 0 spiro atoms. The minimum absolute atomic E-state index is 0.0424. The number of carbonyl (C=O) groups excluding carboxylic acids is 1. The number of rotatable bonds is 4. The Kier molecular flexibility index (Phi) is 4.56. The van der Waals surface area contributed by atoms with E-state index in [-0.39, 0.29) is 6.54 Å². The van der Waals surface area contributed by atoms with Gasteiger partial charge in [-0.1, -0.05) is 15.9 Å². The molecular weight excluding hydrogens is 358 g/mol. The first kappa shape index (κ1) is 15.7. The number of carbonyl (C=O) groups is 2. The minimum Gasteiger partial charge on any atom is -0.478 e. The van der Waals surface area contributed by atoms with Gasteiger partial charge < -0.3 is 20.4 Å². The number of carboxylic acid groups (broad SMARTS) is 1. The van der Waals surface area contributed by atoms with Gasteiger partial charge >= 0.3 is 17.1 Å². The first-order valence-corrected chi connectivity index (χ1v) is 6.79. The summed E-state index contributed by atoms with van der Waals surface area (Å²) in [5.41, 5.74) is -0.229. The van der Waals surface area contributed by atoms with Crippen LogP contribution in [-0.2, 0) is 16.1 Å². The summed E-state index contributed by atoms with van der Waals surface area (Å²) in [7, 11) is 0. The van der Waals surface area contributed by atoms with Crippen LogP contribution >= 0.6 is 15.9 Å². The Morgan fingerprint density at radius 2 is 1.86 bits per heavy atom. The molecule has 4 N–H and O–H groups in total. The number of benzene rings is 1. The first-order chi connectivity index (χ1) is 10.4. The van der Waals surface area contributed by atoms with Gasteiger partial charge in [0.05, 0.1) is 11.0 Å². The van der Waals surface area contributed by atoms with Crippen LogP contribution in [0.3, 0.4) is 0 Å². The fraction of sp³-hybridized carbons (Fsp3) is 0.0769. The van der Waals surface area contributed by atoms with Crippen molar-refractivity contribution in [2.24, 2.45) is 0 Å². The van der Waals surface area contributed by atoms with Crippen molar-refractivity contribution in [3.8, 4) is 0 Å². The molecule has 0 fully saturated rings. The lowest BCUT2D eigenvalue weighted by Crippen LogP contribution is -2.29. The summed E-state index contributed by atoms with van der Waals surface area (Å²) in [6, 6.07) is 3.28. The molecule has 0 aliphatic carbocycles. The Morgan fingerprint density at radius 3 is 2.55 bits per heavy atom. The lowest BCUT2D eigenvalue weighted by atomic mass is 10.1. The molecule has 8 nitrogen and oxygen atoms in total. The highest BCUT2D eigenvalue weighted by molar-refractivity contribution is 9.10. The van der Waals surface area contributed by atoms with E-state index < -0.39 is 23.0 Å². The molecular formula is C13H10BrN3O5. The number of aliphatic carboxylic acids is 1. The van der Waals surface area contributed by atoms with Gasteiger partial charge in [0.1, 0.15) is 0 Å². The number of carboxylic acids is 1. The highest BCUT2D eigenvalue weighted by atomic mass is 79.9. The van der Waals surface area contributed by atoms with E-state index in [0.717, 1.165) is 6.08 Å². The fourth-order valence-electron chi connectivity index (χ4n) is 1.79. The van der Waals surface area contributed by atoms with Gasteiger partial charge in [0.25, 0.3) is 0 Å². The van der Waals surface area contributed by atoms with Gasteiger partial charge in [0.15, 0.2) is 0 Å². The number of amides is 1. The molecule has 0 aliphatic heterocycles. The second-order valence-electron chi connectivity index (χ2n) is 4.29. The van der Waals surface area contributed by atoms with Gasteiger partial charge in [-0.2, -0.15) is 0 Å². The number of aromatic nitrogens is 2. The van der Waals surface area contributed by atoms with Crippen molar-refractivity contribution < 1.29 is 14.7 Å². The summed E-state index contributed by atoms with van der Waals surface area (Å²) in [6.07, 6.45) is 1.60. The van der Waals surface area contributed by atoms with Gasteiger partial charge in [-0.15, -0.1) is 0 Å². The maximum atomic E-state index is 11.5. The fourth-order valence-corrected chi connectivity index (χ4v) is 2.29. The molecule has 9 heteroatoms. The molecule has 114 valence electrons. The van der Waals surface area contributed by atoms with Crippen LogP contribution in [0.5, 0.6) is 0 Å². The van der Waals surface area contributed by atoms with Crippen LogP contribution in [0, 0.1) is 0 Å². The number of fused-ring (bicyclic) bond motifs is 1. The van der Waals surface area contributed by atoms with Crippen molar-refractivity contribution in [1.29, 1.82) is 0 Å². The quantitative estimate of drug-likeness (QED) is 0.453. The zero-order chi connectivity index (χ0) is 16.3. The summed E-state index contributed by atoms with van der Waals surface area (Å²) < 4.78 is 0.646. The van der Waals surface area contributed by atoms with Crippen molar-refractivity contribution in [3.05, 3.63) is 55.0 Å². The SMILES string of the molecule is O=C(O)C=CC(=O)NCc1cc(Br)cc2[nH]c(=O)c(=O)[nH]c12. The Balaban J connectivity index is 2.33. The van der Waals surface area contributed by atoms with E-state index in [2.05, 4.69) is 31.2 Å². The summed E-state index contributed by atoms with van der Waals surface area (Å²) in [4.78, 5) is 49.4. The number of hydrogen-bond donors (Lipinski definition) is 4. The molecule has 0 saturated heterocycles. The van der Waals surface area contributed by atoms with Crippen molar-refractivity contribution >= 4 is 38.8 Å². The van der Waals surface area contributed by atoms with E-state index >= 15 is 0 Å². The van der Waals surface area contributed by atoms with Crippen molar-refractivity contribution in [3.63, 3.8) is 0 Å². The molecule has 2 aromatic rings. The Hall–Kier alpha value is -2.68. The van der Waals surface area contributed by atoms with E-state index in [1.165, 1.54) is 0 Å². The number of hydrogen-bond acceptors (Lipinski definition) is 4. The van der Waals surface area contributed by atoms with Gasteiger partial charge in [0.2, 0.25) is 5.91 Å². The van der Waals surface area contributed by atoms with Crippen molar-refractivity contribution in [2.75, 3.05) is 0 Å². The van der Waals surface area contributed by atoms with Crippen LogP contribution in [0.15, 0.2) is 38.3 Å². The monoisotopic (exact) mass is 367 g/mol. The normalized spacial score (nSPS) is 11.0. The van der Waals surface area contributed by atoms with Crippen LogP contribution in [0.2, 0.25) is 0 Å². The molecule has 1 amide bonds. The Morgan fingerprint density at radius 1 is 1.18 bits per heavy atom. The topological polar surface area (TPSA) is 132 Å². The van der Waals surface area contributed by atoms with Crippen LogP contribution in [0.25, 0.3) is 11.0 Å². The number of H-pyrrole nitrogens is 2. The molecule has 0 atom stereocenters. The maximum Gasteiger partial charge on any atom is 0.328 e. The second kappa shape index (κ2) is 6.39. The van der Waals surface area contributed by atoms with Gasteiger partial charge in [-0.05, 0) is 17.7 Å². The maximum absolute atomic E-state index is 11.5. The van der Waals surface area contributed by atoms with Gasteiger partial charge in [0, 0.05) is 23.2 Å². The van der Waals surface area contributed by atoms with Crippen molar-refractivity contribution in [1.82, 2.24) is 15.3 Å². The molecule has 1 aromatic carbocycles. The number of halogens is 1. The Bertz CT molecular complexity index is 897. The molecule has 2 rings (SSSR count). The summed E-state index contributed by atoms with van der Waals surface area (Å²) >= 11 is 3.26. The molecule has 1 heterocycles. The van der Waals surface area contributed by atoms with E-state index in [1.807, 2.05) is 0 Å². The van der Waals surface area contributed by atoms with Crippen LogP contribution in [-0.4, -0.2) is 27.0 Å². The zero-order valence-corrected chi connectivity index (χ0v) is 12.6. The van der Waals surface area contributed by atoms with E-state index in [9.17, 15) is 19.2 Å². The summed E-state index contributed by atoms with van der Waals surface area (Å²) in [5, 5.41) is 10.9. The lowest BCUT2D eigenvalue weighted by Gasteiger charge is -2.07.